The molecule has 1 heterocycles. The normalized spacial score (nSPS) is 10.6. The van der Waals surface area contributed by atoms with Gasteiger partial charge >= 0.3 is 0 Å². The van der Waals surface area contributed by atoms with Crippen LogP contribution in [0.15, 0.2) is 34.9 Å². The van der Waals surface area contributed by atoms with Gasteiger partial charge in [-0.3, -0.25) is 0 Å². The van der Waals surface area contributed by atoms with Crippen molar-refractivity contribution in [2.45, 2.75) is 27.0 Å². The fourth-order valence-corrected chi connectivity index (χ4v) is 1.63. The molecule has 1 aromatic carbocycles. The highest BCUT2D eigenvalue weighted by molar-refractivity contribution is 5.31. The molecule has 0 amide bonds. The molecule has 0 aliphatic heterocycles. The first kappa shape index (κ1) is 12.6. The van der Waals surface area contributed by atoms with E-state index in [0.717, 1.165) is 35.9 Å². The Balaban J connectivity index is 1.90. The third kappa shape index (κ3) is 3.34. The van der Waals surface area contributed by atoms with Crippen molar-refractivity contribution in [3.8, 4) is 5.75 Å². The number of rotatable bonds is 6. The van der Waals surface area contributed by atoms with Gasteiger partial charge in [0.05, 0.1) is 5.69 Å². The number of para-hydroxylation sites is 1. The standard InChI is InChI=1S/C14H18N2O2/c1-3-15-9-12-8-13(18-16-12)10-17-14-7-5-4-6-11(14)2/h4-8,15H,3,9-10H2,1-2H3. The fraction of sp³-hybridized carbons (Fsp3) is 0.357. The van der Waals surface area contributed by atoms with Gasteiger partial charge in [-0.15, -0.1) is 0 Å². The van der Waals surface area contributed by atoms with Crippen LogP contribution in [0.1, 0.15) is 23.9 Å². The van der Waals surface area contributed by atoms with E-state index in [4.69, 9.17) is 9.26 Å². The van der Waals surface area contributed by atoms with Crippen molar-refractivity contribution in [1.29, 1.82) is 0 Å². The molecule has 96 valence electrons. The molecule has 2 rings (SSSR count). The summed E-state index contributed by atoms with van der Waals surface area (Å²) < 4.78 is 10.9. The van der Waals surface area contributed by atoms with Crippen LogP contribution >= 0.6 is 0 Å². The van der Waals surface area contributed by atoms with Gasteiger partial charge in [-0.25, -0.2) is 0 Å². The van der Waals surface area contributed by atoms with Crippen molar-refractivity contribution in [3.05, 3.63) is 47.3 Å². The molecule has 0 radical (unpaired) electrons. The first-order valence-electron chi connectivity index (χ1n) is 6.13. The highest BCUT2D eigenvalue weighted by Gasteiger charge is 2.05. The SMILES string of the molecule is CCNCc1cc(COc2ccccc2C)on1. The van der Waals surface area contributed by atoms with Gasteiger partial charge in [-0.05, 0) is 25.1 Å². The van der Waals surface area contributed by atoms with E-state index in [2.05, 4.69) is 17.4 Å². The molecule has 18 heavy (non-hydrogen) atoms. The number of nitrogens with one attached hydrogen (secondary N) is 1. The zero-order valence-electron chi connectivity index (χ0n) is 10.8. The highest BCUT2D eigenvalue weighted by atomic mass is 16.5. The van der Waals surface area contributed by atoms with Crippen molar-refractivity contribution in [1.82, 2.24) is 10.5 Å². The lowest BCUT2D eigenvalue weighted by molar-refractivity contribution is 0.247. The number of hydrogen-bond donors (Lipinski definition) is 1. The molecule has 1 aromatic heterocycles. The largest absolute Gasteiger partial charge is 0.485 e. The third-order valence-corrected chi connectivity index (χ3v) is 2.63. The average Bonchev–Trinajstić information content (AvgIpc) is 2.83. The lowest BCUT2D eigenvalue weighted by Crippen LogP contribution is -2.11. The molecule has 0 saturated carbocycles. The summed E-state index contributed by atoms with van der Waals surface area (Å²) in [6, 6.07) is 9.84. The number of aromatic nitrogens is 1. The van der Waals surface area contributed by atoms with Gasteiger partial charge in [0.15, 0.2) is 5.76 Å². The Bertz CT molecular complexity index is 494. The Morgan fingerprint density at radius 2 is 2.17 bits per heavy atom. The quantitative estimate of drug-likeness (QED) is 0.851. The maximum Gasteiger partial charge on any atom is 0.174 e. The van der Waals surface area contributed by atoms with Crippen LogP contribution in [0.25, 0.3) is 0 Å². The van der Waals surface area contributed by atoms with Crippen molar-refractivity contribution < 1.29 is 9.26 Å². The summed E-state index contributed by atoms with van der Waals surface area (Å²) in [6.45, 7) is 6.13. The smallest absolute Gasteiger partial charge is 0.174 e. The Kier molecular flexibility index (Phi) is 4.36. The lowest BCUT2D eigenvalue weighted by Gasteiger charge is -2.05. The summed E-state index contributed by atoms with van der Waals surface area (Å²) >= 11 is 0. The molecule has 4 nitrogen and oxygen atoms in total. The van der Waals surface area contributed by atoms with Crippen molar-refractivity contribution in [2.75, 3.05) is 6.54 Å². The van der Waals surface area contributed by atoms with Crippen LogP contribution in [0.4, 0.5) is 0 Å². The van der Waals surface area contributed by atoms with E-state index in [1.807, 2.05) is 37.3 Å². The zero-order chi connectivity index (χ0) is 12.8. The molecule has 1 N–H and O–H groups in total. The molecule has 0 saturated heterocycles. The predicted molar refractivity (Wildman–Crippen MR) is 69.4 cm³/mol. The van der Waals surface area contributed by atoms with Crippen LogP contribution in [0.2, 0.25) is 0 Å². The maximum absolute atomic E-state index is 5.69. The van der Waals surface area contributed by atoms with E-state index >= 15 is 0 Å². The Labute approximate surface area is 107 Å². The number of hydrogen-bond acceptors (Lipinski definition) is 4. The van der Waals surface area contributed by atoms with E-state index in [9.17, 15) is 0 Å². The molecular formula is C14H18N2O2. The molecule has 0 bridgehead atoms. The molecule has 0 fully saturated rings. The second-order valence-corrected chi connectivity index (χ2v) is 4.12. The van der Waals surface area contributed by atoms with Gasteiger partial charge in [0, 0.05) is 12.6 Å². The van der Waals surface area contributed by atoms with E-state index in [1.54, 1.807) is 0 Å². The minimum atomic E-state index is 0.407. The topological polar surface area (TPSA) is 47.3 Å². The van der Waals surface area contributed by atoms with Crippen molar-refractivity contribution >= 4 is 0 Å². The fourth-order valence-electron chi connectivity index (χ4n) is 1.63. The van der Waals surface area contributed by atoms with Gasteiger partial charge in [0.25, 0.3) is 0 Å². The van der Waals surface area contributed by atoms with Gasteiger partial charge in [-0.2, -0.15) is 0 Å². The molecule has 2 aromatic rings. The predicted octanol–water partition coefficient (Wildman–Crippen LogP) is 2.67. The Morgan fingerprint density at radius 3 is 2.94 bits per heavy atom. The van der Waals surface area contributed by atoms with Gasteiger partial charge < -0.3 is 14.6 Å². The summed E-state index contributed by atoms with van der Waals surface area (Å²) in [6.07, 6.45) is 0. The van der Waals surface area contributed by atoms with Crippen LogP contribution in [-0.2, 0) is 13.2 Å². The van der Waals surface area contributed by atoms with Crippen molar-refractivity contribution in [2.24, 2.45) is 0 Å². The molecule has 4 heteroatoms. The molecule has 0 atom stereocenters. The molecule has 0 aliphatic rings. The first-order chi connectivity index (χ1) is 8.79. The number of aryl methyl sites for hydroxylation is 1. The first-order valence-corrected chi connectivity index (χ1v) is 6.13. The minimum absolute atomic E-state index is 0.407. The maximum atomic E-state index is 5.69. The number of ether oxygens (including phenoxy) is 1. The van der Waals surface area contributed by atoms with Crippen LogP contribution < -0.4 is 10.1 Å². The molecule has 0 aliphatic carbocycles. The van der Waals surface area contributed by atoms with E-state index < -0.39 is 0 Å². The van der Waals surface area contributed by atoms with E-state index in [1.165, 1.54) is 0 Å². The van der Waals surface area contributed by atoms with E-state index in [0.29, 0.717) is 6.61 Å². The Hall–Kier alpha value is -1.81. The van der Waals surface area contributed by atoms with Gasteiger partial charge in [-0.1, -0.05) is 30.3 Å². The average molecular weight is 246 g/mol. The second kappa shape index (κ2) is 6.21. The zero-order valence-corrected chi connectivity index (χ0v) is 10.8. The monoisotopic (exact) mass is 246 g/mol. The van der Waals surface area contributed by atoms with E-state index in [-0.39, 0.29) is 0 Å². The third-order valence-electron chi connectivity index (χ3n) is 2.63. The van der Waals surface area contributed by atoms with Gasteiger partial charge in [0.1, 0.15) is 12.4 Å². The van der Waals surface area contributed by atoms with Crippen LogP contribution in [0, 0.1) is 6.92 Å². The van der Waals surface area contributed by atoms with Crippen LogP contribution in [0.5, 0.6) is 5.75 Å². The number of nitrogens with zero attached hydrogens (tertiary/aromatic N) is 1. The summed E-state index contributed by atoms with van der Waals surface area (Å²) in [5.74, 6) is 1.62. The summed E-state index contributed by atoms with van der Waals surface area (Å²) in [7, 11) is 0. The summed E-state index contributed by atoms with van der Waals surface area (Å²) in [4.78, 5) is 0. The molecule has 0 spiro atoms. The van der Waals surface area contributed by atoms with Crippen molar-refractivity contribution in [3.63, 3.8) is 0 Å². The Morgan fingerprint density at radius 1 is 1.33 bits per heavy atom. The second-order valence-electron chi connectivity index (χ2n) is 4.12. The molecule has 0 unspecified atom stereocenters. The number of benzene rings is 1. The summed E-state index contributed by atoms with van der Waals surface area (Å²) in [5, 5.41) is 7.17. The van der Waals surface area contributed by atoms with Crippen LogP contribution in [-0.4, -0.2) is 11.7 Å². The summed E-state index contributed by atoms with van der Waals surface area (Å²) in [5.41, 5.74) is 2.02. The molecular weight excluding hydrogens is 228 g/mol. The highest BCUT2D eigenvalue weighted by Crippen LogP contribution is 2.18. The van der Waals surface area contributed by atoms with Crippen LogP contribution in [0.3, 0.4) is 0 Å². The van der Waals surface area contributed by atoms with Gasteiger partial charge in [0.2, 0.25) is 0 Å². The lowest BCUT2D eigenvalue weighted by atomic mass is 10.2. The minimum Gasteiger partial charge on any atom is -0.485 e.